The summed E-state index contributed by atoms with van der Waals surface area (Å²) in [6.45, 7) is 4.09. The Morgan fingerprint density at radius 1 is 0.583 bits per heavy atom. The molecule has 0 saturated heterocycles. The Bertz CT molecular complexity index is 3410. The van der Waals surface area contributed by atoms with Crippen molar-refractivity contribution in [3.8, 4) is 22.4 Å². The van der Waals surface area contributed by atoms with Crippen molar-refractivity contribution in [2.75, 3.05) is 0 Å². The number of pyridine rings is 1. The summed E-state index contributed by atoms with van der Waals surface area (Å²) in [5.74, 6) is 0.0670. The molecule has 0 spiro atoms. The average molecular weight is 946 g/mol. The van der Waals surface area contributed by atoms with E-state index in [9.17, 15) is 4.79 Å². The van der Waals surface area contributed by atoms with Crippen LogP contribution in [-0.2, 0) is 20.1 Å². The first-order valence-electron chi connectivity index (χ1n) is 19.9. The van der Waals surface area contributed by atoms with Crippen LogP contribution in [0.25, 0.3) is 76.9 Å². The van der Waals surface area contributed by atoms with Crippen molar-refractivity contribution < 1.29 is 24.9 Å². The quantitative estimate of drug-likeness (QED) is 0.166. The maximum absolute atomic E-state index is 13.2. The van der Waals surface area contributed by atoms with Crippen LogP contribution in [0.4, 0.5) is 0 Å². The second-order valence-corrected chi connectivity index (χ2v) is 15.4. The van der Waals surface area contributed by atoms with Gasteiger partial charge in [0.2, 0.25) is 0 Å². The summed E-state index contributed by atoms with van der Waals surface area (Å²) in [5, 5.41) is 8.16. The van der Waals surface area contributed by atoms with Gasteiger partial charge in [0.25, 0.3) is 0 Å². The molecule has 4 nitrogen and oxygen atoms in total. The summed E-state index contributed by atoms with van der Waals surface area (Å²) in [5.41, 5.74) is 14.8. The number of aromatic nitrogens is 2. The fraction of sp³-hybridized carbons (Fsp3) is 0.0364. The fourth-order valence-electron chi connectivity index (χ4n) is 8.86. The fourth-order valence-corrected chi connectivity index (χ4v) is 8.86. The van der Waals surface area contributed by atoms with Crippen LogP contribution in [0.2, 0.25) is 0 Å². The Morgan fingerprint density at radius 2 is 1.25 bits per heavy atom. The molecule has 5 heteroatoms. The summed E-state index contributed by atoms with van der Waals surface area (Å²) in [6, 6.07) is 59.8. The predicted octanol–water partition coefficient (Wildman–Crippen LogP) is 13.0. The number of nitrogens with zero attached hydrogens (tertiary/aromatic N) is 3. The van der Waals surface area contributed by atoms with Crippen LogP contribution < -0.4 is 4.98 Å². The van der Waals surface area contributed by atoms with Crippen LogP contribution in [0.1, 0.15) is 49.4 Å². The van der Waals surface area contributed by atoms with Crippen LogP contribution in [0, 0.1) is 19.9 Å². The number of benzene rings is 8. The largest absolute Gasteiger partial charge is 0.663 e. The molecule has 1 aliphatic carbocycles. The summed E-state index contributed by atoms with van der Waals surface area (Å²) >= 11 is 0. The SMILES string of the molecule is C1=N/C(=C(/c2ccccc2)c2[n-]cc3cc4ccccc4cc23)c2cc3ccccc3cc21.Cc1[c-]c(-c2cc3c4c(cccc4n2)-c2ccccc2C3=O)cc(C)c1.[Ir]. The number of carbonyl (C=O) groups excluding carboxylic acids is 1. The Hall–Kier alpha value is -7.04. The maximum Gasteiger partial charge on any atom is 0.193 e. The van der Waals surface area contributed by atoms with Crippen LogP contribution in [0.3, 0.4) is 0 Å². The molecule has 1 aliphatic heterocycles. The molecule has 2 aliphatic rings. The summed E-state index contributed by atoms with van der Waals surface area (Å²) in [4.78, 5) is 27.9. The van der Waals surface area contributed by atoms with Crippen molar-refractivity contribution in [1.82, 2.24) is 9.97 Å². The molecular weight excluding hydrogens is 911 g/mol. The van der Waals surface area contributed by atoms with E-state index in [-0.39, 0.29) is 25.9 Å². The van der Waals surface area contributed by atoms with E-state index < -0.39 is 0 Å². The third kappa shape index (κ3) is 6.31. The monoisotopic (exact) mass is 946 g/mol. The van der Waals surface area contributed by atoms with E-state index in [1.807, 2.05) is 61.8 Å². The summed E-state index contributed by atoms with van der Waals surface area (Å²) in [6.07, 6.45) is 3.97. The van der Waals surface area contributed by atoms with Gasteiger partial charge in [-0.15, -0.1) is 40.6 Å². The molecule has 287 valence electrons. The molecule has 12 rings (SSSR count). The zero-order valence-corrected chi connectivity index (χ0v) is 35.2. The van der Waals surface area contributed by atoms with Gasteiger partial charge in [-0.3, -0.25) is 14.8 Å². The van der Waals surface area contributed by atoms with Crippen LogP contribution in [0.5, 0.6) is 0 Å². The molecule has 2 aromatic heterocycles. The molecule has 0 amide bonds. The normalized spacial score (nSPS) is 13.2. The van der Waals surface area contributed by atoms with E-state index in [0.29, 0.717) is 0 Å². The molecule has 0 N–H and O–H groups in total. The van der Waals surface area contributed by atoms with Crippen molar-refractivity contribution in [3.05, 3.63) is 221 Å². The molecular formula is C55H35IrN3O-2. The molecule has 8 aromatic carbocycles. The summed E-state index contributed by atoms with van der Waals surface area (Å²) in [7, 11) is 0. The maximum atomic E-state index is 13.2. The van der Waals surface area contributed by atoms with Gasteiger partial charge in [-0.1, -0.05) is 135 Å². The van der Waals surface area contributed by atoms with Gasteiger partial charge < -0.3 is 4.98 Å². The van der Waals surface area contributed by atoms with Gasteiger partial charge in [-0.25, -0.2) is 0 Å². The van der Waals surface area contributed by atoms with E-state index in [1.54, 1.807) is 0 Å². The second-order valence-electron chi connectivity index (χ2n) is 15.4. The molecule has 10 aromatic rings. The van der Waals surface area contributed by atoms with Gasteiger partial charge in [-0.05, 0) is 90.6 Å². The first-order chi connectivity index (χ1) is 29.0. The predicted molar refractivity (Wildman–Crippen MR) is 243 cm³/mol. The second kappa shape index (κ2) is 15.0. The third-order valence-corrected chi connectivity index (χ3v) is 11.5. The van der Waals surface area contributed by atoms with E-state index in [0.717, 1.165) is 100.0 Å². The Labute approximate surface area is 361 Å². The smallest absolute Gasteiger partial charge is 0.193 e. The van der Waals surface area contributed by atoms with Gasteiger partial charge in [0.15, 0.2) is 5.78 Å². The first-order valence-corrected chi connectivity index (χ1v) is 19.9. The molecule has 0 atom stereocenters. The Morgan fingerprint density at radius 3 is 2.02 bits per heavy atom. The molecule has 0 bridgehead atoms. The van der Waals surface area contributed by atoms with E-state index in [1.165, 1.54) is 21.5 Å². The number of fused-ring (bicyclic) bond motifs is 6. The zero-order valence-electron chi connectivity index (χ0n) is 32.8. The van der Waals surface area contributed by atoms with E-state index >= 15 is 0 Å². The standard InChI is InChI=1S/C31H19N2.C24H16NO.Ir/c1-2-8-20(9-3-1)29(30-27-16-23-12-6-4-10-21(23)14-25(27)18-32-30)31-28-17-24-13-7-5-11-22(24)15-26(28)19-33-31;1-14-10-15(2)12-16(11-14)22-13-20-23-18(8-5-9-21(23)25-22)17-6-3-4-7-19(17)24(20)26;/h1-19H;3-11,13H,1-2H3;/q2*-1;/b30-29-;;. The minimum absolute atomic E-state index is 0. The molecule has 0 saturated carbocycles. The minimum Gasteiger partial charge on any atom is -0.663 e. The van der Waals surface area contributed by atoms with Crippen molar-refractivity contribution in [2.24, 2.45) is 4.99 Å². The molecule has 60 heavy (non-hydrogen) atoms. The van der Waals surface area contributed by atoms with Gasteiger partial charge in [0.05, 0.1) is 11.2 Å². The molecule has 0 unspecified atom stereocenters. The first kappa shape index (κ1) is 37.2. The van der Waals surface area contributed by atoms with Gasteiger partial charge >= 0.3 is 0 Å². The number of aryl methyl sites for hydroxylation is 2. The van der Waals surface area contributed by atoms with E-state index in [2.05, 4.69) is 134 Å². The number of ketones is 1. The number of rotatable bonds is 3. The summed E-state index contributed by atoms with van der Waals surface area (Å²) < 4.78 is 0. The minimum atomic E-state index is 0. The van der Waals surface area contributed by atoms with Crippen molar-refractivity contribution >= 4 is 66.5 Å². The number of hydrogen-bond acceptors (Lipinski definition) is 3. The number of hydrogen-bond donors (Lipinski definition) is 0. The Balaban J connectivity index is 0.000000146. The van der Waals surface area contributed by atoms with Crippen LogP contribution in [0.15, 0.2) is 175 Å². The van der Waals surface area contributed by atoms with E-state index in [4.69, 9.17) is 15.0 Å². The topological polar surface area (TPSA) is 56.4 Å². The van der Waals surface area contributed by atoms with Crippen LogP contribution in [-0.4, -0.2) is 17.0 Å². The molecule has 3 heterocycles. The van der Waals surface area contributed by atoms with Crippen molar-refractivity contribution in [1.29, 1.82) is 0 Å². The van der Waals surface area contributed by atoms with Crippen LogP contribution >= 0.6 is 0 Å². The zero-order chi connectivity index (χ0) is 39.6. The van der Waals surface area contributed by atoms with Gasteiger partial charge in [-0.2, -0.15) is 6.20 Å². The molecule has 1 radical (unpaired) electrons. The average Bonchev–Trinajstić information content (AvgIpc) is 3.87. The molecule has 0 fully saturated rings. The van der Waals surface area contributed by atoms with Crippen molar-refractivity contribution in [2.45, 2.75) is 13.8 Å². The third-order valence-electron chi connectivity index (χ3n) is 11.5. The van der Waals surface area contributed by atoms with Crippen molar-refractivity contribution in [3.63, 3.8) is 0 Å². The number of aliphatic imine (C=N–C) groups is 1. The van der Waals surface area contributed by atoms with Gasteiger partial charge in [0, 0.05) is 54.0 Å². The van der Waals surface area contributed by atoms with Gasteiger partial charge in [0.1, 0.15) is 0 Å². The number of carbonyl (C=O) groups is 1. The Kier molecular flexibility index (Phi) is 9.29.